The summed E-state index contributed by atoms with van der Waals surface area (Å²) in [4.78, 5) is 23.6. The number of nitrogens with zero attached hydrogens (tertiary/aromatic N) is 1. The molecule has 9 heteroatoms. The van der Waals surface area contributed by atoms with Gasteiger partial charge in [0.1, 0.15) is 11.6 Å². The molecule has 0 aliphatic carbocycles. The minimum atomic E-state index is -1.17. The lowest BCUT2D eigenvalue weighted by atomic mass is 10.0. The van der Waals surface area contributed by atoms with Crippen LogP contribution < -0.4 is 16.5 Å². The molecule has 23 heavy (non-hydrogen) atoms. The minimum absolute atomic E-state index is 0.0974. The van der Waals surface area contributed by atoms with Crippen molar-refractivity contribution in [3.63, 3.8) is 0 Å². The van der Waals surface area contributed by atoms with Gasteiger partial charge in [0.2, 0.25) is 0 Å². The maximum absolute atomic E-state index is 11.8. The number of hydrogen-bond donors (Lipinski definition) is 5. The van der Waals surface area contributed by atoms with E-state index in [-0.39, 0.29) is 5.84 Å². The van der Waals surface area contributed by atoms with Crippen LogP contribution in [0.2, 0.25) is 0 Å². The molecular formula is C14H20N4O5. The summed E-state index contributed by atoms with van der Waals surface area (Å²) in [6.07, 6.45) is -0.813. The summed E-state index contributed by atoms with van der Waals surface area (Å²) in [7, 11) is 0. The number of hydroxylamine groups is 1. The number of oxime groups is 1. The van der Waals surface area contributed by atoms with Crippen molar-refractivity contribution in [1.29, 1.82) is 0 Å². The van der Waals surface area contributed by atoms with Crippen LogP contribution in [0.1, 0.15) is 37.9 Å². The number of amides is 2. The van der Waals surface area contributed by atoms with Gasteiger partial charge < -0.3 is 21.0 Å². The van der Waals surface area contributed by atoms with Crippen molar-refractivity contribution in [2.45, 2.75) is 32.4 Å². The minimum Gasteiger partial charge on any atom is -0.444 e. The van der Waals surface area contributed by atoms with Gasteiger partial charge >= 0.3 is 6.09 Å². The van der Waals surface area contributed by atoms with Crippen molar-refractivity contribution in [2.75, 3.05) is 0 Å². The lowest BCUT2D eigenvalue weighted by Crippen LogP contribution is -2.41. The molecule has 0 spiro atoms. The first-order chi connectivity index (χ1) is 10.7. The Hall–Kier alpha value is -2.81. The second-order valence-corrected chi connectivity index (χ2v) is 5.66. The highest BCUT2D eigenvalue weighted by molar-refractivity contribution is 5.97. The summed E-state index contributed by atoms with van der Waals surface area (Å²) in [5.74, 6) is -0.938. The first-order valence-corrected chi connectivity index (χ1v) is 6.69. The number of alkyl carbamates (subject to hydrolysis) is 1. The van der Waals surface area contributed by atoms with E-state index in [1.165, 1.54) is 29.7 Å². The van der Waals surface area contributed by atoms with Crippen molar-refractivity contribution >= 4 is 17.8 Å². The average Bonchev–Trinajstić information content (AvgIpc) is 2.49. The predicted octanol–water partition coefficient (Wildman–Crippen LogP) is 0.852. The second-order valence-electron chi connectivity index (χ2n) is 5.66. The highest BCUT2D eigenvalue weighted by atomic mass is 16.6. The van der Waals surface area contributed by atoms with E-state index in [9.17, 15) is 9.59 Å². The fourth-order valence-electron chi connectivity index (χ4n) is 1.69. The molecule has 1 unspecified atom stereocenters. The van der Waals surface area contributed by atoms with E-state index in [0.717, 1.165) is 0 Å². The fraction of sp³-hybridized carbons (Fsp3) is 0.357. The number of amidine groups is 1. The Morgan fingerprint density at radius 3 is 2.26 bits per heavy atom. The molecule has 0 radical (unpaired) electrons. The van der Waals surface area contributed by atoms with Crippen molar-refractivity contribution in [2.24, 2.45) is 10.9 Å². The van der Waals surface area contributed by atoms with Gasteiger partial charge in [-0.25, -0.2) is 10.3 Å². The third-order valence-electron chi connectivity index (χ3n) is 2.68. The third kappa shape index (κ3) is 5.47. The lowest BCUT2D eigenvalue weighted by molar-refractivity contribution is -0.131. The Labute approximate surface area is 133 Å². The van der Waals surface area contributed by atoms with E-state index in [1.807, 2.05) is 0 Å². The molecule has 1 atom stereocenters. The summed E-state index contributed by atoms with van der Waals surface area (Å²) in [6, 6.07) is 4.81. The van der Waals surface area contributed by atoms with Crippen LogP contribution in [0.25, 0.3) is 0 Å². The number of carbonyl (C=O) groups excluding carboxylic acids is 2. The molecule has 6 N–H and O–H groups in total. The molecule has 0 saturated heterocycles. The zero-order valence-corrected chi connectivity index (χ0v) is 13.0. The van der Waals surface area contributed by atoms with Crippen LogP contribution in [0, 0.1) is 0 Å². The number of nitrogens with one attached hydrogen (secondary N) is 2. The number of carbonyl (C=O) groups is 2. The Kier molecular flexibility index (Phi) is 5.91. The highest BCUT2D eigenvalue weighted by Crippen LogP contribution is 2.16. The van der Waals surface area contributed by atoms with E-state index < -0.39 is 23.6 Å². The molecule has 0 bridgehead atoms. The van der Waals surface area contributed by atoms with Gasteiger partial charge in [0.25, 0.3) is 5.91 Å². The maximum atomic E-state index is 11.8. The third-order valence-corrected chi connectivity index (χ3v) is 2.68. The normalized spacial score (nSPS) is 13.1. The average molecular weight is 324 g/mol. The molecule has 2 amide bonds. The van der Waals surface area contributed by atoms with E-state index in [4.69, 9.17) is 20.9 Å². The molecule has 126 valence electrons. The number of benzene rings is 1. The molecule has 0 heterocycles. The predicted molar refractivity (Wildman–Crippen MR) is 81.0 cm³/mol. The topological polar surface area (TPSA) is 146 Å². The molecule has 0 saturated carbocycles. The smallest absolute Gasteiger partial charge is 0.408 e. The molecule has 9 nitrogen and oxygen atoms in total. The van der Waals surface area contributed by atoms with Gasteiger partial charge in [-0.15, -0.1) is 0 Å². The summed E-state index contributed by atoms with van der Waals surface area (Å²) in [6.45, 7) is 5.04. The SMILES string of the molecule is CC(C)(C)OC(=O)NC(C(=O)NO)c1ccc(/C(N)=N/O)cc1. The van der Waals surface area contributed by atoms with Crippen LogP contribution in [0.5, 0.6) is 0 Å². The van der Waals surface area contributed by atoms with Gasteiger partial charge in [-0.05, 0) is 26.3 Å². The van der Waals surface area contributed by atoms with Gasteiger partial charge in [0, 0.05) is 5.56 Å². The summed E-state index contributed by atoms with van der Waals surface area (Å²) in [5, 5.41) is 22.7. The molecule has 1 aromatic rings. The van der Waals surface area contributed by atoms with Crippen molar-refractivity contribution in [1.82, 2.24) is 10.8 Å². The fourth-order valence-corrected chi connectivity index (χ4v) is 1.69. The van der Waals surface area contributed by atoms with E-state index in [0.29, 0.717) is 11.1 Å². The Balaban J connectivity index is 2.99. The van der Waals surface area contributed by atoms with Crippen LogP contribution in [-0.4, -0.2) is 33.9 Å². The first-order valence-electron chi connectivity index (χ1n) is 6.69. The first kappa shape index (κ1) is 18.2. The monoisotopic (exact) mass is 324 g/mol. The molecule has 0 aliphatic rings. The Bertz CT molecular complexity index is 592. The standard InChI is InChI=1S/C14H20N4O5/c1-14(2,3)23-13(20)16-10(12(19)18-22)8-4-6-9(7-5-8)11(15)17-21/h4-7,10,21-22H,1-3H3,(H2,15,17)(H,16,20)(H,18,19). The number of ether oxygens (including phenoxy) is 1. The van der Waals surface area contributed by atoms with Gasteiger partial charge in [-0.1, -0.05) is 29.4 Å². The van der Waals surface area contributed by atoms with Crippen molar-refractivity contribution in [3.8, 4) is 0 Å². The maximum Gasteiger partial charge on any atom is 0.408 e. The van der Waals surface area contributed by atoms with Gasteiger partial charge in [0.15, 0.2) is 5.84 Å². The lowest BCUT2D eigenvalue weighted by Gasteiger charge is -2.23. The highest BCUT2D eigenvalue weighted by Gasteiger charge is 2.25. The summed E-state index contributed by atoms with van der Waals surface area (Å²) in [5.41, 5.74) is 6.99. The molecule has 0 aliphatic heterocycles. The zero-order valence-electron chi connectivity index (χ0n) is 13.0. The van der Waals surface area contributed by atoms with Gasteiger partial charge in [-0.2, -0.15) is 0 Å². The van der Waals surface area contributed by atoms with Gasteiger partial charge in [0.05, 0.1) is 0 Å². The molecule has 1 aromatic carbocycles. The van der Waals surface area contributed by atoms with Crippen LogP contribution in [-0.2, 0) is 9.53 Å². The summed E-state index contributed by atoms with van der Waals surface area (Å²) >= 11 is 0. The molecular weight excluding hydrogens is 304 g/mol. The molecule has 0 fully saturated rings. The Morgan fingerprint density at radius 1 is 1.26 bits per heavy atom. The van der Waals surface area contributed by atoms with Crippen molar-refractivity contribution < 1.29 is 24.7 Å². The van der Waals surface area contributed by atoms with Gasteiger partial charge in [-0.3, -0.25) is 10.0 Å². The second kappa shape index (κ2) is 7.45. The van der Waals surface area contributed by atoms with E-state index >= 15 is 0 Å². The molecule has 0 aromatic heterocycles. The van der Waals surface area contributed by atoms with Crippen LogP contribution >= 0.6 is 0 Å². The van der Waals surface area contributed by atoms with Crippen molar-refractivity contribution in [3.05, 3.63) is 35.4 Å². The van der Waals surface area contributed by atoms with E-state index in [2.05, 4.69) is 10.5 Å². The number of rotatable bonds is 4. The van der Waals surface area contributed by atoms with Crippen LogP contribution in [0.4, 0.5) is 4.79 Å². The zero-order chi connectivity index (χ0) is 17.6. The quantitative estimate of drug-likeness (QED) is 0.182. The van der Waals surface area contributed by atoms with Crippen LogP contribution in [0.3, 0.4) is 0 Å². The summed E-state index contributed by atoms with van der Waals surface area (Å²) < 4.78 is 5.08. The van der Waals surface area contributed by atoms with E-state index in [1.54, 1.807) is 20.8 Å². The number of nitrogens with two attached hydrogens (primary N) is 1. The number of hydrogen-bond acceptors (Lipinski definition) is 6. The largest absolute Gasteiger partial charge is 0.444 e. The van der Waals surface area contributed by atoms with Crippen LogP contribution in [0.15, 0.2) is 29.4 Å². The molecule has 1 rings (SSSR count). The Morgan fingerprint density at radius 2 is 1.83 bits per heavy atom.